The van der Waals surface area contributed by atoms with Gasteiger partial charge in [-0.05, 0) is 56.9 Å². The van der Waals surface area contributed by atoms with Gasteiger partial charge >= 0.3 is 5.63 Å². The SMILES string of the molecule is Cc1cc(OC2CN(C(=O)CCNS(=O)(=O)c3c(C)c(C)cc(C)c3C)C2)cc(=O)o1. The third-order valence-corrected chi connectivity index (χ3v) is 7.30. The number of nitrogens with one attached hydrogen (secondary N) is 1. The lowest BCUT2D eigenvalue weighted by molar-refractivity contribution is -0.139. The molecule has 0 spiro atoms. The molecule has 0 aliphatic carbocycles. The van der Waals surface area contributed by atoms with Crippen LogP contribution in [0.25, 0.3) is 0 Å². The van der Waals surface area contributed by atoms with Crippen LogP contribution < -0.4 is 15.1 Å². The maximum atomic E-state index is 12.8. The highest BCUT2D eigenvalue weighted by Crippen LogP contribution is 2.26. The van der Waals surface area contributed by atoms with Gasteiger partial charge in [0, 0.05) is 19.0 Å². The fourth-order valence-corrected chi connectivity index (χ4v) is 5.30. The molecule has 9 heteroatoms. The average Bonchev–Trinajstić information content (AvgIpc) is 2.61. The van der Waals surface area contributed by atoms with E-state index in [9.17, 15) is 18.0 Å². The lowest BCUT2D eigenvalue weighted by Gasteiger charge is -2.39. The van der Waals surface area contributed by atoms with Crippen molar-refractivity contribution in [2.24, 2.45) is 0 Å². The third kappa shape index (κ3) is 5.16. The predicted molar refractivity (Wildman–Crippen MR) is 116 cm³/mol. The van der Waals surface area contributed by atoms with Crippen LogP contribution in [-0.2, 0) is 14.8 Å². The Balaban J connectivity index is 1.52. The Labute approximate surface area is 182 Å². The minimum atomic E-state index is -3.72. The molecule has 31 heavy (non-hydrogen) atoms. The molecule has 2 heterocycles. The largest absolute Gasteiger partial charge is 0.486 e. The van der Waals surface area contributed by atoms with E-state index in [0.717, 1.165) is 22.3 Å². The molecule has 3 rings (SSSR count). The standard InChI is InChI=1S/C22H28N2O6S/c1-13-8-14(2)17(5)22(16(13)4)31(27,28)23-7-6-20(25)24-11-19(12-24)30-18-9-15(3)29-21(26)10-18/h8-10,19,23H,6-7,11-12H2,1-5H3. The van der Waals surface area contributed by atoms with Crippen LogP contribution in [0.1, 0.15) is 34.4 Å². The summed E-state index contributed by atoms with van der Waals surface area (Å²) in [7, 11) is -3.72. The van der Waals surface area contributed by atoms with E-state index in [1.54, 1.807) is 31.7 Å². The molecule has 1 aliphatic rings. The van der Waals surface area contributed by atoms with Gasteiger partial charge in [0.25, 0.3) is 0 Å². The highest BCUT2D eigenvalue weighted by Gasteiger charge is 2.32. The molecule has 8 nitrogen and oxygen atoms in total. The van der Waals surface area contributed by atoms with Gasteiger partial charge < -0.3 is 14.1 Å². The van der Waals surface area contributed by atoms with Crippen molar-refractivity contribution in [2.45, 2.75) is 52.0 Å². The van der Waals surface area contributed by atoms with Crippen molar-refractivity contribution < 1.29 is 22.4 Å². The fraction of sp³-hybridized carbons (Fsp3) is 0.455. The summed E-state index contributed by atoms with van der Waals surface area (Å²) < 4.78 is 38.8. The topological polar surface area (TPSA) is 106 Å². The van der Waals surface area contributed by atoms with Crippen LogP contribution in [0, 0.1) is 34.6 Å². The Morgan fingerprint density at radius 1 is 1.10 bits per heavy atom. The van der Waals surface area contributed by atoms with Crippen molar-refractivity contribution in [1.82, 2.24) is 9.62 Å². The summed E-state index contributed by atoms with van der Waals surface area (Å²) in [6, 6.07) is 4.86. The summed E-state index contributed by atoms with van der Waals surface area (Å²) in [5, 5.41) is 0. The van der Waals surface area contributed by atoms with Gasteiger partial charge in [0.1, 0.15) is 17.6 Å². The van der Waals surface area contributed by atoms with E-state index in [1.165, 1.54) is 6.07 Å². The number of sulfonamides is 1. The van der Waals surface area contributed by atoms with E-state index in [1.807, 2.05) is 19.9 Å². The number of carbonyl (C=O) groups excluding carboxylic acids is 1. The lowest BCUT2D eigenvalue weighted by atomic mass is 10.0. The molecule has 0 unspecified atom stereocenters. The molecule has 168 valence electrons. The Morgan fingerprint density at radius 3 is 2.29 bits per heavy atom. The first kappa shape index (κ1) is 23.0. The maximum Gasteiger partial charge on any atom is 0.339 e. The first-order valence-corrected chi connectivity index (χ1v) is 11.6. The Bertz CT molecular complexity index is 1140. The average molecular weight is 449 g/mol. The summed E-state index contributed by atoms with van der Waals surface area (Å²) in [5.41, 5.74) is 2.78. The van der Waals surface area contributed by atoms with E-state index in [-0.39, 0.29) is 29.9 Å². The summed E-state index contributed by atoms with van der Waals surface area (Å²) >= 11 is 0. The Morgan fingerprint density at radius 2 is 1.71 bits per heavy atom. The Kier molecular flexibility index (Phi) is 6.56. The molecule has 0 atom stereocenters. The highest BCUT2D eigenvalue weighted by atomic mass is 32.2. The number of hydrogen-bond donors (Lipinski definition) is 1. The third-order valence-electron chi connectivity index (χ3n) is 5.57. The van der Waals surface area contributed by atoms with E-state index in [0.29, 0.717) is 24.6 Å². The van der Waals surface area contributed by atoms with Gasteiger partial charge in [0.2, 0.25) is 15.9 Å². The van der Waals surface area contributed by atoms with Crippen molar-refractivity contribution in [3.05, 3.63) is 56.6 Å². The van der Waals surface area contributed by atoms with Gasteiger partial charge in [-0.15, -0.1) is 0 Å². The van der Waals surface area contributed by atoms with Gasteiger partial charge in [0.05, 0.1) is 24.1 Å². The molecule has 0 radical (unpaired) electrons. The number of benzene rings is 1. The molecule has 1 aliphatic heterocycles. The number of hydrogen-bond acceptors (Lipinski definition) is 6. The number of amides is 1. The van der Waals surface area contributed by atoms with Crippen LogP contribution in [0.2, 0.25) is 0 Å². The van der Waals surface area contributed by atoms with E-state index in [4.69, 9.17) is 9.15 Å². The second-order valence-electron chi connectivity index (χ2n) is 8.00. The molecule has 1 saturated heterocycles. The lowest BCUT2D eigenvalue weighted by Crippen LogP contribution is -2.56. The summed E-state index contributed by atoms with van der Waals surface area (Å²) in [6.45, 7) is 9.81. The predicted octanol–water partition coefficient (Wildman–Crippen LogP) is 2.14. The molecule has 0 bridgehead atoms. The molecule has 2 aromatic rings. The van der Waals surface area contributed by atoms with E-state index < -0.39 is 15.6 Å². The van der Waals surface area contributed by atoms with Crippen LogP contribution >= 0.6 is 0 Å². The molecular formula is C22H28N2O6S. The van der Waals surface area contributed by atoms with Crippen molar-refractivity contribution in [2.75, 3.05) is 19.6 Å². The molecule has 1 fully saturated rings. The van der Waals surface area contributed by atoms with Crippen LogP contribution in [0.4, 0.5) is 0 Å². The van der Waals surface area contributed by atoms with Crippen LogP contribution in [0.3, 0.4) is 0 Å². The molecule has 1 N–H and O–H groups in total. The smallest absolute Gasteiger partial charge is 0.339 e. The monoisotopic (exact) mass is 448 g/mol. The molecule has 0 saturated carbocycles. The van der Waals surface area contributed by atoms with Crippen molar-refractivity contribution in [3.8, 4) is 5.75 Å². The minimum Gasteiger partial charge on any atom is -0.486 e. The van der Waals surface area contributed by atoms with Crippen LogP contribution in [-0.4, -0.2) is 45.0 Å². The first-order chi connectivity index (χ1) is 14.5. The van der Waals surface area contributed by atoms with Gasteiger partial charge in [-0.1, -0.05) is 6.07 Å². The quantitative estimate of drug-likeness (QED) is 0.696. The minimum absolute atomic E-state index is 0.0218. The zero-order valence-corrected chi connectivity index (χ0v) is 19.3. The zero-order valence-electron chi connectivity index (χ0n) is 18.4. The maximum absolute atomic E-state index is 12.8. The number of aryl methyl sites for hydroxylation is 3. The number of rotatable bonds is 7. The normalized spacial score (nSPS) is 14.4. The van der Waals surface area contributed by atoms with E-state index in [2.05, 4.69) is 4.72 Å². The molecule has 1 aromatic carbocycles. The van der Waals surface area contributed by atoms with E-state index >= 15 is 0 Å². The van der Waals surface area contributed by atoms with Gasteiger partial charge in [-0.3, -0.25) is 4.79 Å². The summed E-state index contributed by atoms with van der Waals surface area (Å²) in [6.07, 6.45) is -0.148. The zero-order chi connectivity index (χ0) is 22.9. The number of carbonyl (C=O) groups is 1. The van der Waals surface area contributed by atoms with Crippen LogP contribution in [0.5, 0.6) is 5.75 Å². The first-order valence-electron chi connectivity index (χ1n) is 10.1. The van der Waals surface area contributed by atoms with Crippen molar-refractivity contribution in [3.63, 3.8) is 0 Å². The number of likely N-dealkylation sites (tertiary alicyclic amines) is 1. The van der Waals surface area contributed by atoms with Gasteiger partial charge in [-0.25, -0.2) is 17.9 Å². The summed E-state index contributed by atoms with van der Waals surface area (Å²) in [4.78, 5) is 25.6. The number of nitrogens with zero attached hydrogens (tertiary/aromatic N) is 1. The number of ether oxygens (including phenoxy) is 1. The second-order valence-corrected chi connectivity index (χ2v) is 9.70. The highest BCUT2D eigenvalue weighted by molar-refractivity contribution is 7.89. The fourth-order valence-electron chi connectivity index (χ4n) is 3.66. The second kappa shape index (κ2) is 8.84. The van der Waals surface area contributed by atoms with Crippen molar-refractivity contribution >= 4 is 15.9 Å². The van der Waals surface area contributed by atoms with Gasteiger partial charge in [-0.2, -0.15) is 0 Å². The molecule has 1 aromatic heterocycles. The van der Waals surface area contributed by atoms with Crippen molar-refractivity contribution in [1.29, 1.82) is 0 Å². The summed E-state index contributed by atoms with van der Waals surface area (Å²) in [5.74, 6) is 0.717. The molecular weight excluding hydrogens is 420 g/mol. The van der Waals surface area contributed by atoms with Crippen LogP contribution in [0.15, 0.2) is 32.3 Å². The van der Waals surface area contributed by atoms with Gasteiger partial charge in [0.15, 0.2) is 0 Å². The molecule has 1 amide bonds. The Hall–Kier alpha value is -2.65.